The molecule has 0 saturated heterocycles. The molecule has 2 aromatic rings. The van der Waals surface area contributed by atoms with Gasteiger partial charge in [0.15, 0.2) is 0 Å². The molecule has 24 heavy (non-hydrogen) atoms. The number of rotatable bonds is 2. The molecule has 2 aliphatic rings. The number of carboxylic acid groups (broad SMARTS) is 1. The first kappa shape index (κ1) is 15.7. The fourth-order valence-electron chi connectivity index (χ4n) is 3.86. The summed E-state index contributed by atoms with van der Waals surface area (Å²) >= 11 is 9.87. The molecule has 1 heterocycles. The quantitative estimate of drug-likeness (QED) is 0.638. The molecule has 0 radical (unpaired) electrons. The van der Waals surface area contributed by atoms with E-state index in [1.165, 1.54) is 5.56 Å². The molecule has 0 spiro atoms. The van der Waals surface area contributed by atoms with Crippen molar-refractivity contribution in [2.24, 2.45) is 5.92 Å². The maximum absolute atomic E-state index is 11.7. The Morgan fingerprint density at radius 2 is 1.96 bits per heavy atom. The highest BCUT2D eigenvalue weighted by atomic mass is 79.9. The number of fused-ring (bicyclic) bond motifs is 3. The van der Waals surface area contributed by atoms with Crippen molar-refractivity contribution < 1.29 is 9.90 Å². The van der Waals surface area contributed by atoms with Crippen molar-refractivity contribution in [1.29, 1.82) is 0 Å². The van der Waals surface area contributed by atoms with Crippen LogP contribution in [0.15, 0.2) is 53.0 Å². The fourth-order valence-corrected chi connectivity index (χ4v) is 4.34. The summed E-state index contributed by atoms with van der Waals surface area (Å²) in [5.41, 5.74) is 3.07. The van der Waals surface area contributed by atoms with Crippen LogP contribution in [0.1, 0.15) is 39.9 Å². The Morgan fingerprint density at radius 1 is 1.21 bits per heavy atom. The molecule has 1 aliphatic heterocycles. The van der Waals surface area contributed by atoms with Gasteiger partial charge in [-0.15, -0.1) is 0 Å². The zero-order chi connectivity index (χ0) is 16.8. The second-order valence-corrected chi connectivity index (χ2v) is 7.54. The molecule has 5 heteroatoms. The van der Waals surface area contributed by atoms with E-state index in [-0.39, 0.29) is 17.9 Å². The zero-order valence-electron chi connectivity index (χ0n) is 12.7. The minimum atomic E-state index is -0.911. The van der Waals surface area contributed by atoms with E-state index < -0.39 is 5.97 Å². The van der Waals surface area contributed by atoms with E-state index >= 15 is 0 Å². The number of anilines is 1. The second kappa shape index (κ2) is 5.94. The lowest BCUT2D eigenvalue weighted by molar-refractivity contribution is 0.0695. The molecule has 4 rings (SSSR count). The highest BCUT2D eigenvalue weighted by Crippen LogP contribution is 2.52. The number of halogens is 2. The van der Waals surface area contributed by atoms with E-state index in [4.69, 9.17) is 11.6 Å². The Kier molecular flexibility index (Phi) is 3.89. The van der Waals surface area contributed by atoms with Gasteiger partial charge in [0.2, 0.25) is 0 Å². The Hall–Kier alpha value is -1.78. The minimum absolute atomic E-state index is 0.0692. The molecular formula is C19H15BrClNO2. The molecule has 0 saturated carbocycles. The van der Waals surface area contributed by atoms with Crippen LogP contribution in [0.2, 0.25) is 5.02 Å². The maximum atomic E-state index is 11.7. The normalized spacial score (nSPS) is 24.2. The topological polar surface area (TPSA) is 49.3 Å². The van der Waals surface area contributed by atoms with E-state index in [0.29, 0.717) is 10.6 Å². The van der Waals surface area contributed by atoms with Crippen LogP contribution in [0.4, 0.5) is 5.69 Å². The lowest BCUT2D eigenvalue weighted by Gasteiger charge is -2.38. The summed E-state index contributed by atoms with van der Waals surface area (Å²) in [6, 6.07) is 11.6. The second-order valence-electron chi connectivity index (χ2n) is 6.22. The third kappa shape index (κ3) is 2.45. The largest absolute Gasteiger partial charge is 0.478 e. The summed E-state index contributed by atoms with van der Waals surface area (Å²) in [7, 11) is 0. The Morgan fingerprint density at radius 3 is 2.67 bits per heavy atom. The number of aromatic carboxylic acids is 1. The Labute approximate surface area is 153 Å². The van der Waals surface area contributed by atoms with Crippen LogP contribution in [-0.2, 0) is 0 Å². The van der Waals surface area contributed by atoms with Crippen LogP contribution < -0.4 is 5.32 Å². The molecule has 0 aromatic heterocycles. The molecule has 0 bridgehead atoms. The molecule has 3 nitrogen and oxygen atoms in total. The van der Waals surface area contributed by atoms with Crippen molar-refractivity contribution in [1.82, 2.24) is 0 Å². The first-order valence-corrected chi connectivity index (χ1v) is 8.97. The molecular weight excluding hydrogens is 390 g/mol. The molecule has 1 aliphatic carbocycles. The summed E-state index contributed by atoms with van der Waals surface area (Å²) in [4.78, 5) is 11.7. The third-order valence-corrected chi connectivity index (χ3v) is 5.77. The van der Waals surface area contributed by atoms with Crippen molar-refractivity contribution >= 4 is 39.2 Å². The maximum Gasteiger partial charge on any atom is 0.336 e. The molecule has 2 N–H and O–H groups in total. The third-order valence-electron chi connectivity index (χ3n) is 4.93. The Balaban J connectivity index is 1.86. The highest BCUT2D eigenvalue weighted by Gasteiger charge is 2.40. The van der Waals surface area contributed by atoms with Gasteiger partial charge >= 0.3 is 5.97 Å². The van der Waals surface area contributed by atoms with Crippen molar-refractivity contribution in [3.63, 3.8) is 0 Å². The highest BCUT2D eigenvalue weighted by molar-refractivity contribution is 9.10. The van der Waals surface area contributed by atoms with Gasteiger partial charge in [0, 0.05) is 10.4 Å². The predicted octanol–water partition coefficient (Wildman–Crippen LogP) is 5.63. The van der Waals surface area contributed by atoms with E-state index in [1.807, 2.05) is 12.1 Å². The molecule has 3 atom stereocenters. The van der Waals surface area contributed by atoms with Crippen LogP contribution in [0.25, 0.3) is 0 Å². The number of carboxylic acids is 1. The van der Waals surface area contributed by atoms with E-state index in [0.717, 1.165) is 22.1 Å². The van der Waals surface area contributed by atoms with Crippen LogP contribution in [0.5, 0.6) is 0 Å². The van der Waals surface area contributed by atoms with Crippen molar-refractivity contribution in [2.75, 3.05) is 5.32 Å². The molecule has 2 unspecified atom stereocenters. The standard InChI is InChI=1S/C19H15BrClNO2/c20-11-6-4-10(5-7-11)17-13-3-1-2-12(13)16-14(19(23)24)8-9-15(21)18(16)22-17/h1-2,4-9,12-13,17,22H,3H2,(H,23,24)/t12?,13?,17-/m0/s1. The van der Waals surface area contributed by atoms with E-state index in [2.05, 4.69) is 45.5 Å². The number of carbonyl (C=O) groups is 1. The summed E-state index contributed by atoms with van der Waals surface area (Å²) < 4.78 is 1.04. The number of hydrogen-bond acceptors (Lipinski definition) is 2. The number of hydrogen-bond donors (Lipinski definition) is 2. The number of allylic oxidation sites excluding steroid dienone is 2. The van der Waals surface area contributed by atoms with Crippen molar-refractivity contribution in [3.05, 3.63) is 74.7 Å². The summed E-state index contributed by atoms with van der Waals surface area (Å²) in [6.45, 7) is 0. The summed E-state index contributed by atoms with van der Waals surface area (Å²) in [6.07, 6.45) is 5.19. The average molecular weight is 405 g/mol. The number of nitrogens with one attached hydrogen (secondary N) is 1. The van der Waals surface area contributed by atoms with Crippen molar-refractivity contribution in [2.45, 2.75) is 18.4 Å². The van der Waals surface area contributed by atoms with Gasteiger partial charge in [0.1, 0.15) is 0 Å². The van der Waals surface area contributed by atoms with Crippen LogP contribution in [0.3, 0.4) is 0 Å². The monoisotopic (exact) mass is 403 g/mol. The van der Waals surface area contributed by atoms with E-state index in [1.54, 1.807) is 12.1 Å². The van der Waals surface area contributed by atoms with Crippen LogP contribution in [-0.4, -0.2) is 11.1 Å². The first-order chi connectivity index (χ1) is 11.6. The van der Waals surface area contributed by atoms with Crippen molar-refractivity contribution in [3.8, 4) is 0 Å². The first-order valence-electron chi connectivity index (χ1n) is 7.80. The molecule has 0 fully saturated rings. The zero-order valence-corrected chi connectivity index (χ0v) is 15.0. The predicted molar refractivity (Wildman–Crippen MR) is 98.9 cm³/mol. The smallest absolute Gasteiger partial charge is 0.336 e. The van der Waals surface area contributed by atoms with Crippen LogP contribution in [0, 0.1) is 5.92 Å². The van der Waals surface area contributed by atoms with Crippen LogP contribution >= 0.6 is 27.5 Å². The lowest BCUT2D eigenvalue weighted by Crippen LogP contribution is -2.30. The molecule has 122 valence electrons. The SMILES string of the molecule is O=C(O)c1ccc(Cl)c2c1C1C=CCC1[C@H](c1ccc(Br)cc1)N2. The van der Waals surface area contributed by atoms with Gasteiger partial charge in [-0.1, -0.05) is 51.8 Å². The minimum Gasteiger partial charge on any atom is -0.478 e. The van der Waals surface area contributed by atoms with Gasteiger partial charge in [-0.2, -0.15) is 0 Å². The summed E-state index contributed by atoms with van der Waals surface area (Å²) in [5, 5.41) is 13.6. The van der Waals surface area contributed by atoms with Gasteiger partial charge in [0.25, 0.3) is 0 Å². The van der Waals surface area contributed by atoms with Gasteiger partial charge in [-0.25, -0.2) is 4.79 Å². The number of benzene rings is 2. The van der Waals surface area contributed by atoms with Gasteiger partial charge in [-0.05, 0) is 47.7 Å². The fraction of sp³-hybridized carbons (Fsp3) is 0.211. The summed E-state index contributed by atoms with van der Waals surface area (Å²) in [5.74, 6) is -0.555. The van der Waals surface area contributed by atoms with Gasteiger partial charge < -0.3 is 10.4 Å². The van der Waals surface area contributed by atoms with E-state index in [9.17, 15) is 9.90 Å². The molecule has 2 aromatic carbocycles. The average Bonchev–Trinajstić information content (AvgIpc) is 3.05. The van der Waals surface area contributed by atoms with Gasteiger partial charge in [0.05, 0.1) is 22.3 Å². The Bertz CT molecular complexity index is 847. The van der Waals surface area contributed by atoms with Gasteiger partial charge in [-0.3, -0.25) is 0 Å². The lowest BCUT2D eigenvalue weighted by atomic mass is 9.75. The molecule has 0 amide bonds.